The number of nitrogens with zero attached hydrogens (tertiary/aromatic N) is 1. The second-order valence-electron chi connectivity index (χ2n) is 6.90. The second-order valence-corrected chi connectivity index (χ2v) is 6.90. The summed E-state index contributed by atoms with van der Waals surface area (Å²) in [6.45, 7) is 6.63. The van der Waals surface area contributed by atoms with Crippen LogP contribution in [0.3, 0.4) is 0 Å². The highest BCUT2D eigenvalue weighted by Gasteiger charge is 2.13. The van der Waals surface area contributed by atoms with Crippen molar-refractivity contribution in [3.63, 3.8) is 0 Å². The number of carbonyl (C=O) groups excluding carboxylic acids is 1. The number of rotatable bonds is 6. The highest BCUT2D eigenvalue weighted by molar-refractivity contribution is 6.06. The van der Waals surface area contributed by atoms with Crippen molar-refractivity contribution in [1.82, 2.24) is 9.55 Å². The molecule has 0 saturated heterocycles. The lowest BCUT2D eigenvalue weighted by Crippen LogP contribution is -2.34. The summed E-state index contributed by atoms with van der Waals surface area (Å²) in [6.07, 6.45) is 0. The lowest BCUT2D eigenvalue weighted by Gasteiger charge is -2.14. The quantitative estimate of drug-likeness (QED) is 0.686. The van der Waals surface area contributed by atoms with Gasteiger partial charge in [-0.15, -0.1) is 0 Å². The van der Waals surface area contributed by atoms with E-state index in [1.165, 1.54) is 6.07 Å². The molecule has 1 aromatic heterocycles. The van der Waals surface area contributed by atoms with Gasteiger partial charge in [-0.3, -0.25) is 14.2 Å². The molecule has 2 aromatic carbocycles. The highest BCUT2D eigenvalue weighted by Crippen LogP contribution is 2.25. The molecule has 0 fully saturated rings. The smallest absolute Gasteiger partial charge is 0.328 e. The number of para-hydroxylation sites is 2. The molecule has 0 aliphatic rings. The Hall–Kier alpha value is -3.35. The molecule has 0 aliphatic heterocycles. The molecule has 7 nitrogen and oxygen atoms in total. The summed E-state index contributed by atoms with van der Waals surface area (Å²) in [5, 5.41) is 3.19. The first-order chi connectivity index (χ1) is 13.4. The van der Waals surface area contributed by atoms with E-state index in [4.69, 9.17) is 4.74 Å². The van der Waals surface area contributed by atoms with Gasteiger partial charge < -0.3 is 15.0 Å². The van der Waals surface area contributed by atoms with Gasteiger partial charge in [0.1, 0.15) is 5.75 Å². The molecule has 0 saturated carbocycles. The monoisotopic (exact) mass is 381 g/mol. The lowest BCUT2D eigenvalue weighted by atomic mass is 10.1. The first-order valence-electron chi connectivity index (χ1n) is 9.20. The summed E-state index contributed by atoms with van der Waals surface area (Å²) in [7, 11) is 0. The number of hydrogen-bond acceptors (Lipinski definition) is 4. The predicted octanol–water partition coefficient (Wildman–Crippen LogP) is 3.00. The first-order valence-corrected chi connectivity index (χ1v) is 9.20. The van der Waals surface area contributed by atoms with Crippen molar-refractivity contribution in [1.29, 1.82) is 0 Å². The van der Waals surface area contributed by atoms with Crippen LogP contribution in [-0.2, 0) is 6.54 Å². The molecule has 0 spiro atoms. The Balaban J connectivity index is 1.91. The zero-order valence-corrected chi connectivity index (χ0v) is 16.1. The average Bonchev–Trinajstić information content (AvgIpc) is 2.67. The van der Waals surface area contributed by atoms with E-state index in [2.05, 4.69) is 10.3 Å². The van der Waals surface area contributed by atoms with E-state index in [0.717, 1.165) is 4.57 Å². The number of ether oxygens (including phenoxy) is 1. The number of benzene rings is 2. The summed E-state index contributed by atoms with van der Waals surface area (Å²) in [4.78, 5) is 39.7. The molecule has 7 heteroatoms. The van der Waals surface area contributed by atoms with Gasteiger partial charge >= 0.3 is 5.69 Å². The fourth-order valence-corrected chi connectivity index (χ4v) is 2.83. The maximum absolute atomic E-state index is 12.7. The van der Waals surface area contributed by atoms with Crippen molar-refractivity contribution in [2.75, 3.05) is 11.9 Å². The average molecular weight is 381 g/mol. The maximum atomic E-state index is 12.7. The van der Waals surface area contributed by atoms with Crippen LogP contribution in [0.25, 0.3) is 10.9 Å². The van der Waals surface area contributed by atoms with E-state index in [1.54, 1.807) is 31.2 Å². The molecule has 146 valence electrons. The third-order valence-electron chi connectivity index (χ3n) is 4.27. The van der Waals surface area contributed by atoms with E-state index in [0.29, 0.717) is 40.4 Å². The van der Waals surface area contributed by atoms with Crippen LogP contribution >= 0.6 is 0 Å². The van der Waals surface area contributed by atoms with Crippen molar-refractivity contribution in [2.24, 2.45) is 5.92 Å². The molecule has 1 heterocycles. The number of anilines is 1. The van der Waals surface area contributed by atoms with E-state index >= 15 is 0 Å². The van der Waals surface area contributed by atoms with Crippen LogP contribution in [0.5, 0.6) is 5.75 Å². The van der Waals surface area contributed by atoms with Gasteiger partial charge in [-0.25, -0.2) is 4.79 Å². The summed E-state index contributed by atoms with van der Waals surface area (Å²) < 4.78 is 6.87. The first kappa shape index (κ1) is 19.4. The van der Waals surface area contributed by atoms with E-state index in [-0.39, 0.29) is 18.0 Å². The zero-order chi connectivity index (χ0) is 20.3. The lowest BCUT2D eigenvalue weighted by molar-refractivity contribution is 0.102. The number of fused-ring (bicyclic) bond motifs is 1. The maximum Gasteiger partial charge on any atom is 0.328 e. The summed E-state index contributed by atoms with van der Waals surface area (Å²) in [5.41, 5.74) is 0.348. The summed E-state index contributed by atoms with van der Waals surface area (Å²) >= 11 is 0. The Morgan fingerprint density at radius 3 is 2.64 bits per heavy atom. The standard InChI is InChI=1S/C21H23N3O4/c1-4-24-20(26)15-10-9-14(11-17(15)23-21(24)27)19(25)22-16-7-5-6-8-18(16)28-12-13(2)3/h5-11,13H,4,12H2,1-3H3,(H,22,25)(H,23,27). The van der Waals surface area contributed by atoms with Crippen molar-refractivity contribution in [3.8, 4) is 5.75 Å². The van der Waals surface area contributed by atoms with Crippen LogP contribution in [0.4, 0.5) is 5.69 Å². The number of H-pyrrole nitrogens is 1. The van der Waals surface area contributed by atoms with Crippen molar-refractivity contribution in [3.05, 3.63) is 68.9 Å². The molecule has 0 atom stereocenters. The summed E-state index contributed by atoms with van der Waals surface area (Å²) in [6, 6.07) is 11.8. The minimum absolute atomic E-state index is 0.277. The Bertz CT molecular complexity index is 1130. The van der Waals surface area contributed by atoms with Gasteiger partial charge in [-0.05, 0) is 43.2 Å². The highest BCUT2D eigenvalue weighted by atomic mass is 16.5. The third kappa shape index (κ3) is 3.98. The van der Waals surface area contributed by atoms with Gasteiger partial charge in [-0.1, -0.05) is 26.0 Å². The molecule has 2 N–H and O–H groups in total. The fraction of sp³-hybridized carbons (Fsp3) is 0.286. The van der Waals surface area contributed by atoms with Crippen molar-refractivity contribution < 1.29 is 9.53 Å². The van der Waals surface area contributed by atoms with Gasteiger partial charge in [0.15, 0.2) is 0 Å². The van der Waals surface area contributed by atoms with Gasteiger partial charge in [-0.2, -0.15) is 0 Å². The number of nitrogens with one attached hydrogen (secondary N) is 2. The Labute approximate surface area is 162 Å². The van der Waals surface area contributed by atoms with Crippen LogP contribution in [-0.4, -0.2) is 22.1 Å². The second kappa shape index (κ2) is 8.12. The molecule has 1 amide bonds. The molecule has 0 bridgehead atoms. The number of aromatic amines is 1. The van der Waals surface area contributed by atoms with E-state index in [1.807, 2.05) is 26.0 Å². The number of carbonyl (C=O) groups is 1. The molecule has 0 unspecified atom stereocenters. The zero-order valence-electron chi connectivity index (χ0n) is 16.1. The normalized spacial score (nSPS) is 11.0. The Morgan fingerprint density at radius 2 is 1.93 bits per heavy atom. The minimum atomic E-state index is -0.495. The van der Waals surface area contributed by atoms with Crippen molar-refractivity contribution in [2.45, 2.75) is 27.3 Å². The van der Waals surface area contributed by atoms with Crippen LogP contribution in [0, 0.1) is 5.92 Å². The van der Waals surface area contributed by atoms with Gasteiger partial charge in [0.25, 0.3) is 11.5 Å². The third-order valence-corrected chi connectivity index (χ3v) is 4.27. The number of hydrogen-bond donors (Lipinski definition) is 2. The van der Waals surface area contributed by atoms with Crippen LogP contribution in [0.2, 0.25) is 0 Å². The van der Waals surface area contributed by atoms with Gasteiger partial charge in [0.05, 0.1) is 23.2 Å². The number of aromatic nitrogens is 2. The molecule has 3 aromatic rings. The number of amides is 1. The molecule has 3 rings (SSSR count). The molecule has 0 aliphatic carbocycles. The topological polar surface area (TPSA) is 93.2 Å². The molecule has 28 heavy (non-hydrogen) atoms. The fourth-order valence-electron chi connectivity index (χ4n) is 2.83. The largest absolute Gasteiger partial charge is 0.491 e. The van der Waals surface area contributed by atoms with Crippen molar-refractivity contribution >= 4 is 22.5 Å². The summed E-state index contributed by atoms with van der Waals surface area (Å²) in [5.74, 6) is 0.584. The van der Waals surface area contributed by atoms with Gasteiger partial charge in [0, 0.05) is 12.1 Å². The van der Waals surface area contributed by atoms with E-state index in [9.17, 15) is 14.4 Å². The Morgan fingerprint density at radius 1 is 1.18 bits per heavy atom. The predicted molar refractivity (Wildman–Crippen MR) is 109 cm³/mol. The van der Waals surface area contributed by atoms with Crippen LogP contribution < -0.4 is 21.3 Å². The molecular formula is C21H23N3O4. The van der Waals surface area contributed by atoms with Gasteiger partial charge in [0.2, 0.25) is 0 Å². The minimum Gasteiger partial charge on any atom is -0.491 e. The Kier molecular flexibility index (Phi) is 5.63. The molecule has 0 radical (unpaired) electrons. The van der Waals surface area contributed by atoms with E-state index < -0.39 is 5.69 Å². The van der Waals surface area contributed by atoms with Crippen LogP contribution in [0.15, 0.2) is 52.1 Å². The van der Waals surface area contributed by atoms with Crippen LogP contribution in [0.1, 0.15) is 31.1 Å². The molecular weight excluding hydrogens is 358 g/mol. The SMILES string of the molecule is CCn1c(=O)[nH]c2cc(C(=O)Nc3ccccc3OCC(C)C)ccc2c1=O.